The quantitative estimate of drug-likeness (QED) is 0.513. The topological polar surface area (TPSA) is 133 Å². The zero-order valence-corrected chi connectivity index (χ0v) is 21.5. The lowest BCUT2D eigenvalue weighted by atomic mass is 9.70. The van der Waals surface area contributed by atoms with E-state index in [1.807, 2.05) is 6.07 Å². The highest BCUT2D eigenvalue weighted by Gasteiger charge is 2.45. The molecule has 1 saturated carbocycles. The van der Waals surface area contributed by atoms with Crippen LogP contribution >= 0.6 is 0 Å². The van der Waals surface area contributed by atoms with E-state index in [4.69, 9.17) is 0 Å². The van der Waals surface area contributed by atoms with Crippen molar-refractivity contribution in [3.8, 4) is 0 Å². The number of benzene rings is 2. The van der Waals surface area contributed by atoms with Gasteiger partial charge in [0.2, 0.25) is 20.0 Å². The molecule has 1 aliphatic heterocycles. The number of hydrogen-bond acceptors (Lipinski definition) is 6. The molecule has 2 aromatic carbocycles. The Bertz CT molecular complexity index is 1330. The van der Waals surface area contributed by atoms with Crippen molar-refractivity contribution in [2.75, 3.05) is 29.0 Å². The maximum atomic E-state index is 13.7. The minimum atomic E-state index is -3.91. The normalized spacial score (nSPS) is 18.3. The molecule has 1 fully saturated rings. The highest BCUT2D eigenvalue weighted by Crippen LogP contribution is 2.50. The van der Waals surface area contributed by atoms with E-state index in [-0.39, 0.29) is 28.4 Å². The van der Waals surface area contributed by atoms with Gasteiger partial charge in [-0.05, 0) is 61.7 Å². The molecule has 35 heavy (non-hydrogen) atoms. The van der Waals surface area contributed by atoms with E-state index in [0.29, 0.717) is 12.2 Å². The van der Waals surface area contributed by atoms with Crippen LogP contribution in [0.3, 0.4) is 0 Å². The third-order valence-electron chi connectivity index (χ3n) is 6.70. The van der Waals surface area contributed by atoms with Crippen LogP contribution < -0.4 is 14.3 Å². The van der Waals surface area contributed by atoms with Gasteiger partial charge < -0.3 is 10.0 Å². The van der Waals surface area contributed by atoms with E-state index in [1.165, 1.54) is 18.2 Å². The van der Waals surface area contributed by atoms with Gasteiger partial charge >= 0.3 is 0 Å². The molecule has 0 bridgehead atoms. The number of amides is 1. The lowest BCUT2D eigenvalue weighted by Crippen LogP contribution is -2.38. The van der Waals surface area contributed by atoms with Crippen LogP contribution in [0.25, 0.3) is 0 Å². The second-order valence-electron chi connectivity index (χ2n) is 9.57. The number of nitrogens with zero attached hydrogens (tertiary/aromatic N) is 1. The average Bonchev–Trinajstić information content (AvgIpc) is 3.10. The summed E-state index contributed by atoms with van der Waals surface area (Å²) in [5.41, 5.74) is 2.10. The minimum absolute atomic E-state index is 0.0526. The van der Waals surface area contributed by atoms with E-state index in [1.54, 1.807) is 30.0 Å². The molecule has 1 aliphatic carbocycles. The molecule has 4 rings (SSSR count). The van der Waals surface area contributed by atoms with Crippen molar-refractivity contribution < 1.29 is 26.7 Å². The highest BCUT2D eigenvalue weighted by atomic mass is 32.2. The number of fused-ring (bicyclic) bond motifs is 2. The van der Waals surface area contributed by atoms with E-state index < -0.39 is 26.1 Å². The third-order valence-corrected chi connectivity index (χ3v) is 8.89. The van der Waals surface area contributed by atoms with Gasteiger partial charge in [0.05, 0.1) is 17.8 Å². The Labute approximate surface area is 206 Å². The molecular formula is C24H31N3O6S2. The molecule has 1 spiro atoms. The number of hydrogen-bond donors (Lipinski definition) is 3. The number of aliphatic hydroxyl groups is 1. The first-order valence-electron chi connectivity index (χ1n) is 11.6. The molecule has 1 atom stereocenters. The predicted octanol–water partition coefficient (Wildman–Crippen LogP) is 2.58. The van der Waals surface area contributed by atoms with E-state index in [9.17, 15) is 26.7 Å². The molecule has 9 nitrogen and oxygen atoms in total. The van der Waals surface area contributed by atoms with Gasteiger partial charge in [-0.25, -0.2) is 21.6 Å². The number of anilines is 2. The number of aliphatic hydroxyl groups excluding tert-OH is 1. The molecular weight excluding hydrogens is 490 g/mol. The second-order valence-corrected chi connectivity index (χ2v) is 13.0. The molecule has 3 N–H and O–H groups in total. The number of nitrogens with one attached hydrogen (secondary N) is 2. The van der Waals surface area contributed by atoms with Crippen molar-refractivity contribution in [3.63, 3.8) is 0 Å². The minimum Gasteiger partial charge on any atom is -0.395 e. The van der Waals surface area contributed by atoms with Crippen LogP contribution in [0.15, 0.2) is 47.4 Å². The van der Waals surface area contributed by atoms with Crippen molar-refractivity contribution in [1.29, 1.82) is 0 Å². The lowest BCUT2D eigenvalue weighted by molar-refractivity contribution is 0.0982. The molecule has 2 aliphatic rings. The van der Waals surface area contributed by atoms with Crippen LogP contribution in [0.5, 0.6) is 0 Å². The standard InChI is InChI=1S/C24H31N3O6S2/c1-17(15-28)25-35(32,33)20-8-6-7-18(13-20)23(29)27-16-24(11-4-3-5-12-24)21-14-19(9-10-22(21)27)26-34(2,30)31/h6-10,13-14,17,25-26,28H,3-5,11-12,15-16H2,1-2H3. The largest absolute Gasteiger partial charge is 0.395 e. The highest BCUT2D eigenvalue weighted by molar-refractivity contribution is 7.92. The summed E-state index contributed by atoms with van der Waals surface area (Å²) in [4.78, 5) is 15.3. The first kappa shape index (κ1) is 25.6. The summed E-state index contributed by atoms with van der Waals surface area (Å²) < 4.78 is 53.9. The van der Waals surface area contributed by atoms with Gasteiger partial charge in [0, 0.05) is 34.9 Å². The van der Waals surface area contributed by atoms with Crippen LogP contribution in [-0.2, 0) is 25.5 Å². The summed E-state index contributed by atoms with van der Waals surface area (Å²) in [7, 11) is -7.36. The fraction of sp³-hybridized carbons (Fsp3) is 0.458. The van der Waals surface area contributed by atoms with Crippen LogP contribution in [-0.4, -0.2) is 53.3 Å². The van der Waals surface area contributed by atoms with Crippen LogP contribution in [0.2, 0.25) is 0 Å². The predicted molar refractivity (Wildman–Crippen MR) is 135 cm³/mol. The zero-order chi connectivity index (χ0) is 25.4. The fourth-order valence-electron chi connectivity index (χ4n) is 5.11. The maximum absolute atomic E-state index is 13.7. The number of carbonyl (C=O) groups excluding carboxylic acids is 1. The van der Waals surface area contributed by atoms with Crippen molar-refractivity contribution in [3.05, 3.63) is 53.6 Å². The molecule has 1 unspecified atom stereocenters. The second kappa shape index (κ2) is 9.53. The Morgan fingerprint density at radius 2 is 1.80 bits per heavy atom. The summed E-state index contributed by atoms with van der Waals surface area (Å²) in [6.45, 7) is 1.66. The zero-order valence-electron chi connectivity index (χ0n) is 19.8. The summed E-state index contributed by atoms with van der Waals surface area (Å²) in [6, 6.07) is 10.4. The van der Waals surface area contributed by atoms with E-state index in [0.717, 1.165) is 49.6 Å². The Balaban J connectivity index is 1.71. The molecule has 1 amide bonds. The van der Waals surface area contributed by atoms with E-state index >= 15 is 0 Å². The Kier molecular flexibility index (Phi) is 6.98. The van der Waals surface area contributed by atoms with Gasteiger partial charge in [-0.2, -0.15) is 0 Å². The van der Waals surface area contributed by atoms with Crippen molar-refractivity contribution in [2.24, 2.45) is 0 Å². The van der Waals surface area contributed by atoms with Crippen LogP contribution in [0, 0.1) is 0 Å². The smallest absolute Gasteiger partial charge is 0.258 e. The SMILES string of the molecule is CC(CO)NS(=O)(=O)c1cccc(C(=O)N2CC3(CCCCC3)c3cc(NS(C)(=O)=O)ccc32)c1. The van der Waals surface area contributed by atoms with Crippen molar-refractivity contribution >= 4 is 37.3 Å². The maximum Gasteiger partial charge on any atom is 0.258 e. The van der Waals surface area contributed by atoms with E-state index in [2.05, 4.69) is 9.44 Å². The number of carbonyl (C=O) groups is 1. The Morgan fingerprint density at radius 1 is 1.09 bits per heavy atom. The van der Waals surface area contributed by atoms with Gasteiger partial charge in [0.15, 0.2) is 0 Å². The lowest BCUT2D eigenvalue weighted by Gasteiger charge is -2.34. The number of rotatable bonds is 7. The molecule has 2 aromatic rings. The summed E-state index contributed by atoms with van der Waals surface area (Å²) in [5, 5.41) is 9.20. The van der Waals surface area contributed by atoms with Crippen molar-refractivity contribution in [1.82, 2.24) is 4.72 Å². The molecule has 1 heterocycles. The van der Waals surface area contributed by atoms with Gasteiger partial charge in [-0.3, -0.25) is 9.52 Å². The van der Waals surface area contributed by atoms with Gasteiger partial charge in [-0.1, -0.05) is 25.3 Å². The van der Waals surface area contributed by atoms with Crippen LogP contribution in [0.1, 0.15) is 54.9 Å². The van der Waals surface area contributed by atoms with Gasteiger partial charge in [0.25, 0.3) is 5.91 Å². The summed E-state index contributed by atoms with van der Waals surface area (Å²) >= 11 is 0. The Hall–Kier alpha value is -2.47. The first-order valence-corrected chi connectivity index (χ1v) is 15.0. The first-order chi connectivity index (χ1) is 16.4. The van der Waals surface area contributed by atoms with Gasteiger partial charge in [-0.15, -0.1) is 0 Å². The molecule has 190 valence electrons. The monoisotopic (exact) mass is 521 g/mol. The molecule has 0 aromatic heterocycles. The molecule has 0 radical (unpaired) electrons. The van der Waals surface area contributed by atoms with Crippen molar-refractivity contribution in [2.45, 2.75) is 55.4 Å². The molecule has 11 heteroatoms. The van der Waals surface area contributed by atoms with Crippen LogP contribution in [0.4, 0.5) is 11.4 Å². The molecule has 0 saturated heterocycles. The number of sulfonamides is 2. The average molecular weight is 522 g/mol. The Morgan fingerprint density at radius 3 is 2.46 bits per heavy atom. The third kappa shape index (κ3) is 5.37. The fourth-order valence-corrected chi connectivity index (χ4v) is 6.94. The summed E-state index contributed by atoms with van der Waals surface area (Å²) in [5.74, 6) is -0.315. The van der Waals surface area contributed by atoms with Gasteiger partial charge in [0.1, 0.15) is 0 Å². The summed E-state index contributed by atoms with van der Waals surface area (Å²) in [6.07, 6.45) is 6.05.